The topological polar surface area (TPSA) is 12.0 Å². The summed E-state index contributed by atoms with van der Waals surface area (Å²) in [6.45, 7) is 5.21. The summed E-state index contributed by atoms with van der Waals surface area (Å²) in [6.07, 6.45) is 4.83. The second-order valence-corrected chi connectivity index (χ2v) is 6.44. The number of hydrogen-bond donors (Lipinski definition) is 1. The van der Waals surface area contributed by atoms with Gasteiger partial charge < -0.3 is 5.32 Å². The second kappa shape index (κ2) is 5.58. The van der Waals surface area contributed by atoms with Gasteiger partial charge in [-0.25, -0.2) is 4.39 Å². The molecule has 1 N–H and O–H groups in total. The van der Waals surface area contributed by atoms with Gasteiger partial charge in [0.2, 0.25) is 0 Å². The van der Waals surface area contributed by atoms with Crippen LogP contribution in [0.3, 0.4) is 0 Å². The number of nitrogens with one attached hydrogen (secondary N) is 1. The van der Waals surface area contributed by atoms with Crippen molar-refractivity contribution in [3.63, 3.8) is 0 Å². The van der Waals surface area contributed by atoms with Crippen LogP contribution in [0.5, 0.6) is 0 Å². The third-order valence-corrected chi connectivity index (χ3v) is 4.24. The molecule has 0 aliphatic heterocycles. The van der Waals surface area contributed by atoms with Crippen molar-refractivity contribution in [2.75, 3.05) is 0 Å². The Balaban J connectivity index is 1.87. The highest BCUT2D eigenvalue weighted by atomic mass is 35.5. The molecule has 1 aliphatic rings. The van der Waals surface area contributed by atoms with E-state index in [9.17, 15) is 4.39 Å². The normalized spacial score (nSPS) is 20.0. The fourth-order valence-electron chi connectivity index (χ4n) is 2.54. The fourth-order valence-corrected chi connectivity index (χ4v) is 2.74. The minimum atomic E-state index is -0.289. The van der Waals surface area contributed by atoms with Crippen LogP contribution in [0.4, 0.5) is 4.39 Å². The third kappa shape index (κ3) is 3.46. The Kier molecular flexibility index (Phi) is 4.29. The van der Waals surface area contributed by atoms with Gasteiger partial charge in [-0.15, -0.1) is 0 Å². The standard InChI is InChI=1S/C15H21ClFN/c1-15(2)8-6-12(7-9-15)18-10-11-4-3-5-13(16)14(11)17/h3-5,12,18H,6-10H2,1-2H3. The van der Waals surface area contributed by atoms with E-state index >= 15 is 0 Å². The molecule has 0 radical (unpaired) electrons. The van der Waals surface area contributed by atoms with Gasteiger partial charge in [-0.2, -0.15) is 0 Å². The Morgan fingerprint density at radius 3 is 2.67 bits per heavy atom. The van der Waals surface area contributed by atoms with Gasteiger partial charge in [0.25, 0.3) is 0 Å². The van der Waals surface area contributed by atoms with Gasteiger partial charge in [-0.1, -0.05) is 37.6 Å². The van der Waals surface area contributed by atoms with Crippen LogP contribution in [-0.2, 0) is 6.54 Å². The summed E-state index contributed by atoms with van der Waals surface area (Å²) in [6, 6.07) is 5.69. The van der Waals surface area contributed by atoms with E-state index < -0.39 is 0 Å². The average molecular weight is 270 g/mol. The maximum absolute atomic E-state index is 13.7. The van der Waals surface area contributed by atoms with Crippen LogP contribution in [0, 0.1) is 11.2 Å². The monoisotopic (exact) mass is 269 g/mol. The average Bonchev–Trinajstić information content (AvgIpc) is 2.33. The van der Waals surface area contributed by atoms with Crippen molar-refractivity contribution < 1.29 is 4.39 Å². The first-order chi connectivity index (χ1) is 8.48. The first kappa shape index (κ1) is 13.8. The van der Waals surface area contributed by atoms with Gasteiger partial charge in [0.15, 0.2) is 0 Å². The van der Waals surface area contributed by atoms with Crippen molar-refractivity contribution in [1.82, 2.24) is 5.32 Å². The predicted molar refractivity (Wildman–Crippen MR) is 74.3 cm³/mol. The van der Waals surface area contributed by atoms with Gasteiger partial charge in [0.05, 0.1) is 5.02 Å². The molecule has 3 heteroatoms. The minimum Gasteiger partial charge on any atom is -0.310 e. The smallest absolute Gasteiger partial charge is 0.146 e. The molecule has 18 heavy (non-hydrogen) atoms. The Hall–Kier alpha value is -0.600. The van der Waals surface area contributed by atoms with Gasteiger partial charge in [0.1, 0.15) is 5.82 Å². The molecule has 1 aliphatic carbocycles. The van der Waals surface area contributed by atoms with Crippen LogP contribution in [0.15, 0.2) is 18.2 Å². The number of hydrogen-bond acceptors (Lipinski definition) is 1. The highest BCUT2D eigenvalue weighted by molar-refractivity contribution is 6.30. The highest BCUT2D eigenvalue weighted by Crippen LogP contribution is 2.35. The predicted octanol–water partition coefficient (Wildman–Crippen LogP) is 4.54. The Labute approximate surface area is 114 Å². The lowest BCUT2D eigenvalue weighted by Gasteiger charge is -2.34. The molecule has 1 nitrogen and oxygen atoms in total. The maximum atomic E-state index is 13.7. The van der Waals surface area contributed by atoms with Crippen LogP contribution >= 0.6 is 11.6 Å². The summed E-state index contributed by atoms with van der Waals surface area (Å²) in [5, 5.41) is 3.65. The molecule has 2 rings (SSSR count). The Bertz CT molecular complexity index is 407. The van der Waals surface area contributed by atoms with E-state index in [4.69, 9.17) is 11.6 Å². The van der Waals surface area contributed by atoms with Gasteiger partial charge >= 0.3 is 0 Å². The molecule has 0 saturated heterocycles. The van der Waals surface area contributed by atoms with Crippen LogP contribution in [0.2, 0.25) is 5.02 Å². The summed E-state index contributed by atoms with van der Waals surface area (Å²) >= 11 is 5.77. The summed E-state index contributed by atoms with van der Waals surface area (Å²) in [5.74, 6) is -0.289. The third-order valence-electron chi connectivity index (χ3n) is 3.95. The molecule has 1 fully saturated rings. The molecule has 0 bridgehead atoms. The zero-order valence-corrected chi connectivity index (χ0v) is 11.9. The zero-order valence-electron chi connectivity index (χ0n) is 11.1. The lowest BCUT2D eigenvalue weighted by atomic mass is 9.75. The Morgan fingerprint density at radius 1 is 1.33 bits per heavy atom. The van der Waals surface area contributed by atoms with E-state index in [0.29, 0.717) is 23.6 Å². The van der Waals surface area contributed by atoms with Crippen molar-refractivity contribution in [2.45, 2.75) is 52.1 Å². The van der Waals surface area contributed by atoms with Gasteiger partial charge in [-0.3, -0.25) is 0 Å². The van der Waals surface area contributed by atoms with E-state index in [1.54, 1.807) is 18.2 Å². The zero-order chi connectivity index (χ0) is 13.2. The highest BCUT2D eigenvalue weighted by Gasteiger charge is 2.26. The van der Waals surface area contributed by atoms with E-state index in [2.05, 4.69) is 19.2 Å². The van der Waals surface area contributed by atoms with E-state index in [0.717, 1.165) is 0 Å². The molecular weight excluding hydrogens is 249 g/mol. The first-order valence-corrected chi connectivity index (χ1v) is 7.02. The lowest BCUT2D eigenvalue weighted by Crippen LogP contribution is -2.35. The molecule has 0 atom stereocenters. The largest absolute Gasteiger partial charge is 0.310 e. The number of benzene rings is 1. The molecular formula is C15H21ClFN. The second-order valence-electron chi connectivity index (χ2n) is 6.03. The van der Waals surface area contributed by atoms with E-state index in [1.807, 2.05) is 0 Å². The fraction of sp³-hybridized carbons (Fsp3) is 0.600. The molecule has 0 aromatic heterocycles. The number of rotatable bonds is 3. The molecule has 100 valence electrons. The van der Waals surface area contributed by atoms with Crippen molar-refractivity contribution in [2.24, 2.45) is 5.41 Å². The maximum Gasteiger partial charge on any atom is 0.146 e. The van der Waals surface area contributed by atoms with Gasteiger partial charge in [0, 0.05) is 18.2 Å². The van der Waals surface area contributed by atoms with Crippen molar-refractivity contribution >= 4 is 11.6 Å². The molecule has 0 amide bonds. The summed E-state index contributed by atoms with van der Waals surface area (Å²) < 4.78 is 13.7. The summed E-state index contributed by atoms with van der Waals surface area (Å²) in [5.41, 5.74) is 1.13. The van der Waals surface area contributed by atoms with E-state index in [-0.39, 0.29) is 10.8 Å². The first-order valence-electron chi connectivity index (χ1n) is 6.64. The minimum absolute atomic E-state index is 0.207. The molecule has 1 aromatic carbocycles. The van der Waals surface area contributed by atoms with Crippen molar-refractivity contribution in [1.29, 1.82) is 0 Å². The Morgan fingerprint density at radius 2 is 2.00 bits per heavy atom. The van der Waals surface area contributed by atoms with E-state index in [1.165, 1.54) is 25.7 Å². The van der Waals surface area contributed by atoms with Crippen LogP contribution in [0.1, 0.15) is 45.1 Å². The summed E-state index contributed by atoms with van der Waals surface area (Å²) in [4.78, 5) is 0. The molecule has 0 spiro atoms. The van der Waals surface area contributed by atoms with Crippen LogP contribution in [-0.4, -0.2) is 6.04 Å². The molecule has 1 aromatic rings. The van der Waals surface area contributed by atoms with Crippen molar-refractivity contribution in [3.8, 4) is 0 Å². The number of halogens is 2. The van der Waals surface area contributed by atoms with Crippen LogP contribution < -0.4 is 5.32 Å². The quantitative estimate of drug-likeness (QED) is 0.850. The summed E-state index contributed by atoms with van der Waals surface area (Å²) in [7, 11) is 0. The molecule has 1 saturated carbocycles. The SMILES string of the molecule is CC1(C)CCC(NCc2cccc(Cl)c2F)CC1. The molecule has 0 unspecified atom stereocenters. The van der Waals surface area contributed by atoms with Crippen molar-refractivity contribution in [3.05, 3.63) is 34.6 Å². The molecule has 0 heterocycles. The lowest BCUT2D eigenvalue weighted by molar-refractivity contribution is 0.205. The van der Waals surface area contributed by atoms with Gasteiger partial charge in [-0.05, 0) is 37.2 Å². The van der Waals surface area contributed by atoms with Crippen LogP contribution in [0.25, 0.3) is 0 Å².